The Kier molecular flexibility index (Phi) is 6.39. The van der Waals surface area contributed by atoms with Crippen molar-refractivity contribution in [2.75, 3.05) is 26.2 Å². The summed E-state index contributed by atoms with van der Waals surface area (Å²) >= 11 is 0. The molecule has 0 atom stereocenters. The molecule has 1 aliphatic heterocycles. The van der Waals surface area contributed by atoms with E-state index in [-0.39, 0.29) is 5.69 Å². The van der Waals surface area contributed by atoms with Crippen molar-refractivity contribution in [3.05, 3.63) is 75.7 Å². The smallest absolute Gasteiger partial charge is 0.269 e. The molecule has 1 aromatic heterocycles. The molecule has 1 aliphatic rings. The first-order chi connectivity index (χ1) is 15.0. The molecule has 0 spiro atoms. The van der Waals surface area contributed by atoms with Gasteiger partial charge in [-0.15, -0.1) is 10.2 Å². The van der Waals surface area contributed by atoms with Gasteiger partial charge >= 0.3 is 0 Å². The zero-order valence-corrected chi connectivity index (χ0v) is 17.9. The minimum Gasteiger partial charge on any atom is -0.419 e. The Hall–Kier alpha value is -3.10. The van der Waals surface area contributed by atoms with Gasteiger partial charge < -0.3 is 4.42 Å². The van der Waals surface area contributed by atoms with Crippen molar-refractivity contribution in [3.63, 3.8) is 0 Å². The summed E-state index contributed by atoms with van der Waals surface area (Å²) in [6.07, 6.45) is 0. The van der Waals surface area contributed by atoms with Crippen LogP contribution in [0.3, 0.4) is 0 Å². The van der Waals surface area contributed by atoms with Gasteiger partial charge in [-0.25, -0.2) is 0 Å². The first kappa shape index (κ1) is 21.1. The number of rotatable bonds is 7. The van der Waals surface area contributed by atoms with Gasteiger partial charge in [0.25, 0.3) is 5.69 Å². The molecule has 0 amide bonds. The molecular formula is C23H27N5O3. The topological polar surface area (TPSA) is 88.5 Å². The third-order valence-corrected chi connectivity index (χ3v) is 5.67. The molecule has 2 aromatic carbocycles. The van der Waals surface area contributed by atoms with Crippen molar-refractivity contribution >= 4 is 5.69 Å². The third-order valence-electron chi connectivity index (χ3n) is 5.67. The molecular weight excluding hydrogens is 394 g/mol. The van der Waals surface area contributed by atoms with E-state index < -0.39 is 4.92 Å². The van der Waals surface area contributed by atoms with E-state index in [0.29, 0.717) is 29.8 Å². The fraction of sp³-hybridized carbons (Fsp3) is 0.391. The van der Waals surface area contributed by atoms with E-state index in [4.69, 9.17) is 4.42 Å². The van der Waals surface area contributed by atoms with Crippen LogP contribution in [-0.2, 0) is 13.1 Å². The maximum Gasteiger partial charge on any atom is 0.269 e. The average molecular weight is 422 g/mol. The lowest BCUT2D eigenvalue weighted by Gasteiger charge is -2.34. The molecule has 3 aromatic rings. The largest absolute Gasteiger partial charge is 0.419 e. The molecule has 4 rings (SSSR count). The lowest BCUT2D eigenvalue weighted by molar-refractivity contribution is -0.384. The monoisotopic (exact) mass is 421 g/mol. The van der Waals surface area contributed by atoms with Gasteiger partial charge in [-0.3, -0.25) is 19.9 Å². The summed E-state index contributed by atoms with van der Waals surface area (Å²) in [4.78, 5) is 15.1. The van der Waals surface area contributed by atoms with Crippen LogP contribution in [0.15, 0.2) is 52.9 Å². The highest BCUT2D eigenvalue weighted by Crippen LogP contribution is 2.22. The highest BCUT2D eigenvalue weighted by Gasteiger charge is 2.20. The highest BCUT2D eigenvalue weighted by molar-refractivity contribution is 5.55. The number of hydrogen-bond donors (Lipinski definition) is 0. The second kappa shape index (κ2) is 9.36. The lowest BCUT2D eigenvalue weighted by atomic mass is 10.0. The van der Waals surface area contributed by atoms with Crippen molar-refractivity contribution in [1.82, 2.24) is 20.0 Å². The molecule has 31 heavy (non-hydrogen) atoms. The van der Waals surface area contributed by atoms with Crippen LogP contribution >= 0.6 is 0 Å². The fourth-order valence-electron chi connectivity index (χ4n) is 3.72. The second-order valence-corrected chi connectivity index (χ2v) is 8.25. The summed E-state index contributed by atoms with van der Waals surface area (Å²) in [6, 6.07) is 15.1. The Bertz CT molecular complexity index is 1010. The minimum absolute atomic E-state index is 0.0391. The average Bonchev–Trinajstić information content (AvgIpc) is 3.24. The summed E-state index contributed by atoms with van der Waals surface area (Å²) in [5.41, 5.74) is 3.44. The predicted octanol–water partition coefficient (Wildman–Crippen LogP) is 4.09. The van der Waals surface area contributed by atoms with E-state index in [1.54, 1.807) is 12.1 Å². The van der Waals surface area contributed by atoms with Crippen LogP contribution < -0.4 is 0 Å². The predicted molar refractivity (Wildman–Crippen MR) is 117 cm³/mol. The second-order valence-electron chi connectivity index (χ2n) is 8.25. The van der Waals surface area contributed by atoms with Gasteiger partial charge in [0.1, 0.15) is 0 Å². The maximum absolute atomic E-state index is 10.8. The fourth-order valence-corrected chi connectivity index (χ4v) is 3.72. The normalized spacial score (nSPS) is 15.5. The van der Waals surface area contributed by atoms with Crippen LogP contribution in [0.5, 0.6) is 0 Å². The Labute approximate surface area is 181 Å². The zero-order valence-electron chi connectivity index (χ0n) is 17.9. The van der Waals surface area contributed by atoms with E-state index >= 15 is 0 Å². The maximum atomic E-state index is 10.8. The van der Waals surface area contributed by atoms with Crippen molar-refractivity contribution in [2.45, 2.75) is 32.9 Å². The Morgan fingerprint density at radius 1 is 0.935 bits per heavy atom. The highest BCUT2D eigenvalue weighted by atomic mass is 16.6. The van der Waals surface area contributed by atoms with Crippen LogP contribution in [0.1, 0.15) is 36.8 Å². The number of hydrogen-bond acceptors (Lipinski definition) is 7. The standard InChI is InChI=1S/C23H27N5O3/c1-17(2)19-5-3-18(4-6-19)15-26-11-13-27(14-12-26)16-22-24-25-23(31-22)20-7-9-21(10-8-20)28(29)30/h3-10,17H,11-16H2,1-2H3. The molecule has 8 nitrogen and oxygen atoms in total. The number of piperazine rings is 1. The number of nitro benzene ring substituents is 1. The van der Waals surface area contributed by atoms with Gasteiger partial charge in [-0.05, 0) is 29.2 Å². The Morgan fingerprint density at radius 2 is 1.55 bits per heavy atom. The van der Waals surface area contributed by atoms with E-state index in [1.807, 2.05) is 0 Å². The number of non-ortho nitro benzene ring substituents is 1. The van der Waals surface area contributed by atoms with E-state index in [1.165, 1.54) is 23.3 Å². The van der Waals surface area contributed by atoms with Crippen LogP contribution in [0.4, 0.5) is 5.69 Å². The SMILES string of the molecule is CC(C)c1ccc(CN2CCN(Cc3nnc(-c4ccc([N+](=O)[O-])cc4)o3)CC2)cc1. The Balaban J connectivity index is 1.28. The van der Waals surface area contributed by atoms with Gasteiger partial charge in [-0.1, -0.05) is 38.1 Å². The molecule has 0 bridgehead atoms. The first-order valence-electron chi connectivity index (χ1n) is 10.6. The third kappa shape index (κ3) is 5.34. The number of benzene rings is 2. The zero-order chi connectivity index (χ0) is 21.8. The van der Waals surface area contributed by atoms with Gasteiger partial charge in [0.2, 0.25) is 11.8 Å². The molecule has 0 N–H and O–H groups in total. The molecule has 0 radical (unpaired) electrons. The van der Waals surface area contributed by atoms with Crippen LogP contribution in [0.25, 0.3) is 11.5 Å². The van der Waals surface area contributed by atoms with E-state index in [0.717, 1.165) is 32.7 Å². The quantitative estimate of drug-likeness (QED) is 0.419. The molecule has 0 unspecified atom stereocenters. The first-order valence-corrected chi connectivity index (χ1v) is 10.6. The van der Waals surface area contributed by atoms with E-state index in [2.05, 4.69) is 58.1 Å². The van der Waals surface area contributed by atoms with Crippen LogP contribution in [-0.4, -0.2) is 51.1 Å². The summed E-state index contributed by atoms with van der Waals surface area (Å²) < 4.78 is 5.78. The van der Waals surface area contributed by atoms with Crippen molar-refractivity contribution in [2.24, 2.45) is 0 Å². The van der Waals surface area contributed by atoms with Gasteiger partial charge in [0.05, 0.1) is 11.5 Å². The minimum atomic E-state index is -0.427. The number of nitro groups is 1. The molecule has 8 heteroatoms. The van der Waals surface area contributed by atoms with Crippen molar-refractivity contribution in [1.29, 1.82) is 0 Å². The Morgan fingerprint density at radius 3 is 2.13 bits per heavy atom. The van der Waals surface area contributed by atoms with Gasteiger partial charge in [0, 0.05) is 50.4 Å². The molecule has 1 saturated heterocycles. The molecule has 1 fully saturated rings. The number of aromatic nitrogens is 2. The summed E-state index contributed by atoms with van der Waals surface area (Å²) in [7, 11) is 0. The molecule has 0 saturated carbocycles. The lowest BCUT2D eigenvalue weighted by Crippen LogP contribution is -2.45. The van der Waals surface area contributed by atoms with Crippen molar-refractivity contribution < 1.29 is 9.34 Å². The van der Waals surface area contributed by atoms with Crippen LogP contribution in [0.2, 0.25) is 0 Å². The summed E-state index contributed by atoms with van der Waals surface area (Å²) in [5, 5.41) is 19.0. The van der Waals surface area contributed by atoms with Gasteiger partial charge in [0.15, 0.2) is 0 Å². The van der Waals surface area contributed by atoms with Crippen molar-refractivity contribution in [3.8, 4) is 11.5 Å². The molecule has 162 valence electrons. The summed E-state index contributed by atoms with van der Waals surface area (Å²) in [6.45, 7) is 9.89. The molecule has 0 aliphatic carbocycles. The molecule has 2 heterocycles. The number of nitrogens with zero attached hydrogens (tertiary/aromatic N) is 5. The van der Waals surface area contributed by atoms with Crippen LogP contribution in [0, 0.1) is 10.1 Å². The van der Waals surface area contributed by atoms with Gasteiger partial charge in [-0.2, -0.15) is 0 Å². The van der Waals surface area contributed by atoms with E-state index in [9.17, 15) is 10.1 Å². The summed E-state index contributed by atoms with van der Waals surface area (Å²) in [5.74, 6) is 1.50.